The van der Waals surface area contributed by atoms with Gasteiger partial charge in [-0.2, -0.15) is 0 Å². The molecule has 1 atom stereocenters. The molecule has 0 aromatic heterocycles. The van der Waals surface area contributed by atoms with Gasteiger partial charge in [-0.3, -0.25) is 0 Å². The lowest BCUT2D eigenvalue weighted by Gasteiger charge is -2.42. The van der Waals surface area contributed by atoms with Crippen molar-refractivity contribution in [1.82, 2.24) is 0 Å². The molecule has 0 heterocycles. The molecule has 0 aliphatic heterocycles. The van der Waals surface area contributed by atoms with Gasteiger partial charge in [-0.1, -0.05) is 33.5 Å². The van der Waals surface area contributed by atoms with Gasteiger partial charge in [-0.25, -0.2) is 0 Å². The van der Waals surface area contributed by atoms with Gasteiger partial charge in [0.2, 0.25) is 0 Å². The van der Waals surface area contributed by atoms with Gasteiger partial charge in [0.05, 0.1) is 13.7 Å². The number of aliphatic hydroxyl groups is 1. The SMILES string of the molecule is CC(C)[C@H]([C]1[CH][CH][CH][C]1[Si](C)(C)C)C(C)(C)O. The molecule has 0 aromatic rings. The third-order valence-electron chi connectivity index (χ3n) is 3.42. The van der Waals surface area contributed by atoms with Crippen molar-refractivity contribution in [2.45, 2.75) is 52.9 Å². The monoisotopic (exact) mass is 251 g/mol. The fourth-order valence-electron chi connectivity index (χ4n) is 2.94. The fraction of sp³-hybridized carbons (Fsp3) is 0.667. The summed E-state index contributed by atoms with van der Waals surface area (Å²) in [6.45, 7) is 15.4. The summed E-state index contributed by atoms with van der Waals surface area (Å²) in [6, 6.07) is 0. The topological polar surface area (TPSA) is 20.2 Å². The van der Waals surface area contributed by atoms with Crippen LogP contribution < -0.4 is 0 Å². The maximum atomic E-state index is 10.4. The second-order valence-corrected chi connectivity index (χ2v) is 12.1. The van der Waals surface area contributed by atoms with E-state index in [4.69, 9.17) is 0 Å². The lowest BCUT2D eigenvalue weighted by molar-refractivity contribution is 0.00656. The smallest absolute Gasteiger partial charge is 0.0627 e. The predicted molar refractivity (Wildman–Crippen MR) is 77.4 cm³/mol. The number of rotatable bonds is 4. The van der Waals surface area contributed by atoms with Crippen LogP contribution >= 0.6 is 0 Å². The lowest BCUT2D eigenvalue weighted by atomic mass is 9.72. The van der Waals surface area contributed by atoms with E-state index in [0.717, 1.165) is 0 Å². The standard InChI is InChI=1S/C15H27OSi/c1-11(2)14(15(3,4)16)12-9-8-10-13(12)17(5,6)7/h8-11,14,16H,1-7H3/t14-/m1/s1. The molecule has 0 unspecified atom stereocenters. The molecule has 0 amide bonds. The average Bonchev–Trinajstić information content (AvgIpc) is 2.47. The highest BCUT2D eigenvalue weighted by molar-refractivity contribution is 6.82. The van der Waals surface area contributed by atoms with Crippen LogP contribution in [0.1, 0.15) is 27.7 Å². The van der Waals surface area contributed by atoms with E-state index in [0.29, 0.717) is 5.92 Å². The van der Waals surface area contributed by atoms with Crippen LogP contribution in [0, 0.1) is 42.6 Å². The first-order valence-corrected chi connectivity index (χ1v) is 10.0. The zero-order valence-corrected chi connectivity index (χ0v) is 13.3. The summed E-state index contributed by atoms with van der Waals surface area (Å²) in [7, 11) is -1.32. The van der Waals surface area contributed by atoms with Crippen molar-refractivity contribution < 1.29 is 5.11 Å². The van der Waals surface area contributed by atoms with Crippen molar-refractivity contribution >= 4 is 8.07 Å². The molecule has 1 aliphatic carbocycles. The molecule has 1 aliphatic rings. The molecule has 1 N–H and O–H groups in total. The Balaban J connectivity index is 2.95. The molecule has 17 heavy (non-hydrogen) atoms. The third kappa shape index (κ3) is 3.57. The Morgan fingerprint density at radius 3 is 2.00 bits per heavy atom. The van der Waals surface area contributed by atoms with Crippen LogP contribution in [-0.4, -0.2) is 18.8 Å². The molecular weight excluding hydrogens is 224 g/mol. The van der Waals surface area contributed by atoms with E-state index in [9.17, 15) is 5.11 Å². The maximum Gasteiger partial charge on any atom is 0.0627 e. The van der Waals surface area contributed by atoms with Crippen molar-refractivity contribution in [2.75, 3.05) is 0 Å². The average molecular weight is 251 g/mol. The van der Waals surface area contributed by atoms with Crippen LogP contribution in [0.15, 0.2) is 0 Å². The molecule has 0 bridgehead atoms. The fourth-order valence-corrected chi connectivity index (χ4v) is 4.64. The molecule has 97 valence electrons. The molecule has 5 radical (unpaired) electrons. The van der Waals surface area contributed by atoms with Gasteiger partial charge in [0.1, 0.15) is 0 Å². The van der Waals surface area contributed by atoms with Crippen LogP contribution in [0.2, 0.25) is 19.6 Å². The Kier molecular flexibility index (Phi) is 4.52. The second kappa shape index (κ2) is 5.04. The zero-order valence-electron chi connectivity index (χ0n) is 12.3. The quantitative estimate of drug-likeness (QED) is 0.756. The minimum Gasteiger partial charge on any atom is -0.390 e. The molecule has 2 heteroatoms. The first kappa shape index (κ1) is 15.2. The van der Waals surface area contributed by atoms with E-state index in [1.165, 1.54) is 11.5 Å². The van der Waals surface area contributed by atoms with Crippen molar-refractivity contribution in [3.05, 3.63) is 30.7 Å². The molecule has 0 aromatic carbocycles. The van der Waals surface area contributed by atoms with Gasteiger partial charge in [0.15, 0.2) is 0 Å². The van der Waals surface area contributed by atoms with Crippen molar-refractivity contribution in [3.63, 3.8) is 0 Å². The minimum atomic E-state index is -1.32. The van der Waals surface area contributed by atoms with E-state index < -0.39 is 13.7 Å². The highest BCUT2D eigenvalue weighted by atomic mass is 28.3. The summed E-state index contributed by atoms with van der Waals surface area (Å²) >= 11 is 0. The maximum absolute atomic E-state index is 10.4. The van der Waals surface area contributed by atoms with E-state index in [2.05, 4.69) is 52.8 Å². The Labute approximate surface area is 109 Å². The van der Waals surface area contributed by atoms with Crippen molar-refractivity contribution in [3.8, 4) is 0 Å². The van der Waals surface area contributed by atoms with E-state index >= 15 is 0 Å². The van der Waals surface area contributed by atoms with Crippen LogP contribution in [0.3, 0.4) is 0 Å². The Bertz CT molecular complexity index is 247. The number of hydrogen-bond donors (Lipinski definition) is 1. The second-order valence-electron chi connectivity index (χ2n) is 7.02. The summed E-state index contributed by atoms with van der Waals surface area (Å²) in [5, 5.41) is 10.4. The first-order valence-electron chi connectivity index (χ1n) is 6.53. The van der Waals surface area contributed by atoms with Crippen molar-refractivity contribution in [2.24, 2.45) is 11.8 Å². The van der Waals surface area contributed by atoms with Gasteiger partial charge in [-0.15, -0.1) is 0 Å². The summed E-state index contributed by atoms with van der Waals surface area (Å²) in [5.41, 5.74) is 0.843. The molecule has 1 fully saturated rings. The summed E-state index contributed by atoms with van der Waals surface area (Å²) in [5.74, 6) is 2.04. The number of hydrogen-bond acceptors (Lipinski definition) is 1. The van der Waals surface area contributed by atoms with Gasteiger partial charge < -0.3 is 5.11 Å². The molecule has 0 spiro atoms. The van der Waals surface area contributed by atoms with Crippen LogP contribution in [0.4, 0.5) is 0 Å². The van der Waals surface area contributed by atoms with E-state index in [-0.39, 0.29) is 5.92 Å². The van der Waals surface area contributed by atoms with Crippen LogP contribution in [-0.2, 0) is 0 Å². The van der Waals surface area contributed by atoms with Gasteiger partial charge in [0.25, 0.3) is 0 Å². The Morgan fingerprint density at radius 1 is 1.12 bits per heavy atom. The molecule has 0 saturated heterocycles. The summed E-state index contributed by atoms with van der Waals surface area (Å²) in [6.07, 6.45) is 6.60. The molecular formula is C15H27OSi. The molecule has 1 rings (SSSR count). The first-order chi connectivity index (χ1) is 7.55. The largest absolute Gasteiger partial charge is 0.390 e. The summed E-state index contributed by atoms with van der Waals surface area (Å²) < 4.78 is 0. The summed E-state index contributed by atoms with van der Waals surface area (Å²) in [4.78, 5) is 0. The van der Waals surface area contributed by atoms with Gasteiger partial charge >= 0.3 is 0 Å². The van der Waals surface area contributed by atoms with E-state index in [1.807, 2.05) is 13.8 Å². The minimum absolute atomic E-state index is 0.222. The molecule has 1 saturated carbocycles. The van der Waals surface area contributed by atoms with Gasteiger partial charge in [0, 0.05) is 0 Å². The highest BCUT2D eigenvalue weighted by Crippen LogP contribution is 2.49. The van der Waals surface area contributed by atoms with Crippen LogP contribution in [0.25, 0.3) is 0 Å². The van der Waals surface area contributed by atoms with Crippen LogP contribution in [0.5, 0.6) is 0 Å². The Morgan fingerprint density at radius 2 is 1.65 bits per heavy atom. The lowest BCUT2D eigenvalue weighted by Crippen LogP contribution is -2.44. The zero-order chi connectivity index (χ0) is 13.4. The highest BCUT2D eigenvalue weighted by Gasteiger charge is 2.47. The van der Waals surface area contributed by atoms with Crippen molar-refractivity contribution in [1.29, 1.82) is 0 Å². The molecule has 1 nitrogen and oxygen atoms in total. The Hall–Kier alpha value is 0.177. The third-order valence-corrected chi connectivity index (χ3v) is 5.49. The predicted octanol–water partition coefficient (Wildman–Crippen LogP) is 3.68. The van der Waals surface area contributed by atoms with E-state index in [1.54, 1.807) is 0 Å². The van der Waals surface area contributed by atoms with Gasteiger partial charge in [-0.05, 0) is 56.4 Å². The normalized spacial score (nSPS) is 22.4.